The van der Waals surface area contributed by atoms with Gasteiger partial charge in [0.1, 0.15) is 5.82 Å². The van der Waals surface area contributed by atoms with Crippen LogP contribution in [0.15, 0.2) is 48.5 Å². The van der Waals surface area contributed by atoms with Crippen molar-refractivity contribution in [3.63, 3.8) is 0 Å². The van der Waals surface area contributed by atoms with Gasteiger partial charge in [0, 0.05) is 6.54 Å². The second-order valence-electron chi connectivity index (χ2n) is 4.55. The van der Waals surface area contributed by atoms with Gasteiger partial charge in [0.25, 0.3) is 0 Å². The van der Waals surface area contributed by atoms with Gasteiger partial charge in [0.2, 0.25) is 0 Å². The van der Waals surface area contributed by atoms with Crippen molar-refractivity contribution in [2.75, 3.05) is 0 Å². The third kappa shape index (κ3) is 1.32. The van der Waals surface area contributed by atoms with Crippen molar-refractivity contribution in [1.82, 2.24) is 9.55 Å². The van der Waals surface area contributed by atoms with Gasteiger partial charge >= 0.3 is 0 Å². The number of para-hydroxylation sites is 2. The fraction of sp³-hybridized carbons (Fsp3) is 0.0625. The third-order valence-electron chi connectivity index (χ3n) is 3.46. The van der Waals surface area contributed by atoms with Crippen molar-refractivity contribution in [1.29, 1.82) is 0 Å². The van der Waals surface area contributed by atoms with Gasteiger partial charge in [-0.15, -0.1) is 0 Å². The quantitative estimate of drug-likeness (QED) is 0.576. The Hall–Kier alpha value is -2.35. The fourth-order valence-electron chi connectivity index (χ4n) is 2.55. The van der Waals surface area contributed by atoms with Crippen LogP contribution in [0.4, 0.5) is 0 Å². The Morgan fingerprint density at radius 2 is 1.67 bits per heavy atom. The van der Waals surface area contributed by atoms with E-state index in [2.05, 4.69) is 59.2 Å². The summed E-state index contributed by atoms with van der Waals surface area (Å²) in [6, 6.07) is 16.7. The molecule has 0 radical (unpaired) electrons. The SMILES string of the molecule is C1=c2ccccc2=Cc2nc3ccccc3n2C1. The molecule has 4 rings (SSSR count). The zero-order chi connectivity index (χ0) is 11.9. The predicted molar refractivity (Wildman–Crippen MR) is 73.5 cm³/mol. The van der Waals surface area contributed by atoms with E-state index in [1.54, 1.807) is 0 Å². The normalized spacial score (nSPS) is 13.1. The first kappa shape index (κ1) is 9.66. The summed E-state index contributed by atoms with van der Waals surface area (Å²) >= 11 is 0. The van der Waals surface area contributed by atoms with E-state index in [4.69, 9.17) is 4.98 Å². The molecule has 86 valence electrons. The maximum absolute atomic E-state index is 4.70. The van der Waals surface area contributed by atoms with Gasteiger partial charge in [-0.1, -0.05) is 42.5 Å². The van der Waals surface area contributed by atoms with E-state index in [-0.39, 0.29) is 0 Å². The van der Waals surface area contributed by atoms with Gasteiger partial charge in [-0.3, -0.25) is 0 Å². The zero-order valence-electron chi connectivity index (χ0n) is 9.88. The summed E-state index contributed by atoms with van der Waals surface area (Å²) in [5.41, 5.74) is 2.27. The first-order valence-corrected chi connectivity index (χ1v) is 6.14. The number of nitrogens with zero attached hydrogens (tertiary/aromatic N) is 2. The third-order valence-corrected chi connectivity index (χ3v) is 3.46. The molecule has 0 unspecified atom stereocenters. The average Bonchev–Trinajstić information content (AvgIpc) is 2.65. The lowest BCUT2D eigenvalue weighted by Gasteiger charge is -2.00. The van der Waals surface area contributed by atoms with Crippen molar-refractivity contribution in [2.45, 2.75) is 6.54 Å². The van der Waals surface area contributed by atoms with Crippen molar-refractivity contribution in [3.05, 3.63) is 64.8 Å². The van der Waals surface area contributed by atoms with E-state index < -0.39 is 0 Å². The molecule has 0 aliphatic carbocycles. The number of imidazole rings is 1. The molecule has 2 heterocycles. The van der Waals surface area contributed by atoms with Crippen LogP contribution in [0, 0.1) is 0 Å². The van der Waals surface area contributed by atoms with Crippen LogP contribution in [0.5, 0.6) is 0 Å². The van der Waals surface area contributed by atoms with Gasteiger partial charge in [0.15, 0.2) is 0 Å². The fourth-order valence-corrected chi connectivity index (χ4v) is 2.55. The van der Waals surface area contributed by atoms with Crippen LogP contribution in [0.1, 0.15) is 5.82 Å². The number of benzene rings is 2. The van der Waals surface area contributed by atoms with E-state index >= 15 is 0 Å². The Morgan fingerprint density at radius 3 is 2.61 bits per heavy atom. The van der Waals surface area contributed by atoms with Crippen molar-refractivity contribution < 1.29 is 0 Å². The Labute approximate surface area is 105 Å². The van der Waals surface area contributed by atoms with E-state index in [0.29, 0.717) is 0 Å². The molecule has 0 bridgehead atoms. The Kier molecular flexibility index (Phi) is 1.92. The van der Waals surface area contributed by atoms with Crippen LogP contribution in [0.2, 0.25) is 0 Å². The molecule has 0 N–H and O–H groups in total. The minimum Gasteiger partial charge on any atom is -0.321 e. The van der Waals surface area contributed by atoms with Crippen LogP contribution in [0.25, 0.3) is 23.2 Å². The number of hydrogen-bond donors (Lipinski definition) is 0. The van der Waals surface area contributed by atoms with Crippen LogP contribution < -0.4 is 10.4 Å². The summed E-state index contributed by atoms with van der Waals surface area (Å²) in [6.07, 6.45) is 4.43. The highest BCUT2D eigenvalue weighted by atomic mass is 15.1. The summed E-state index contributed by atoms with van der Waals surface area (Å²) in [7, 11) is 0. The molecule has 2 aromatic carbocycles. The van der Waals surface area contributed by atoms with E-state index in [1.807, 2.05) is 6.07 Å². The average molecular weight is 232 g/mol. The lowest BCUT2D eigenvalue weighted by Crippen LogP contribution is -2.22. The molecule has 3 aromatic rings. The van der Waals surface area contributed by atoms with Crippen LogP contribution >= 0.6 is 0 Å². The molecule has 2 heteroatoms. The highest BCUT2D eigenvalue weighted by molar-refractivity contribution is 5.78. The second kappa shape index (κ2) is 3.57. The van der Waals surface area contributed by atoms with Crippen LogP contribution in [0.3, 0.4) is 0 Å². The Bertz CT molecular complexity index is 856. The first-order chi connectivity index (χ1) is 8.92. The van der Waals surface area contributed by atoms with Crippen LogP contribution in [-0.2, 0) is 6.54 Å². The number of aromatic nitrogens is 2. The molecule has 0 saturated heterocycles. The molecular formula is C16H12N2. The zero-order valence-corrected chi connectivity index (χ0v) is 9.88. The van der Waals surface area contributed by atoms with E-state index in [9.17, 15) is 0 Å². The smallest absolute Gasteiger partial charge is 0.134 e. The summed E-state index contributed by atoms with van der Waals surface area (Å²) in [5, 5.41) is 2.53. The predicted octanol–water partition coefficient (Wildman–Crippen LogP) is 1.66. The molecule has 18 heavy (non-hydrogen) atoms. The minimum absolute atomic E-state index is 0.878. The monoisotopic (exact) mass is 232 g/mol. The second-order valence-corrected chi connectivity index (χ2v) is 4.55. The highest BCUT2D eigenvalue weighted by Gasteiger charge is 2.08. The van der Waals surface area contributed by atoms with Gasteiger partial charge in [-0.05, 0) is 28.6 Å². The number of fused-ring (bicyclic) bond motifs is 4. The Balaban J connectivity index is 2.11. The topological polar surface area (TPSA) is 17.8 Å². The molecule has 1 aliphatic rings. The van der Waals surface area contributed by atoms with Crippen molar-refractivity contribution >= 4 is 23.2 Å². The molecule has 0 amide bonds. The Morgan fingerprint density at radius 1 is 0.889 bits per heavy atom. The molecule has 1 aliphatic heterocycles. The van der Waals surface area contributed by atoms with Crippen LogP contribution in [-0.4, -0.2) is 9.55 Å². The highest BCUT2D eigenvalue weighted by Crippen LogP contribution is 2.16. The van der Waals surface area contributed by atoms with Gasteiger partial charge < -0.3 is 4.57 Å². The maximum Gasteiger partial charge on any atom is 0.134 e. The summed E-state index contributed by atoms with van der Waals surface area (Å²) in [6.45, 7) is 0.878. The molecule has 0 fully saturated rings. The molecule has 1 aromatic heterocycles. The van der Waals surface area contributed by atoms with E-state index in [1.165, 1.54) is 16.0 Å². The standard InChI is InChI=1S/C16H12N2/c1-2-6-13-11-16-17-14-7-3-4-8-15(14)18(16)10-9-12(13)5-1/h1-9,11H,10H2. The van der Waals surface area contributed by atoms with E-state index in [0.717, 1.165) is 17.9 Å². The van der Waals surface area contributed by atoms with Crippen molar-refractivity contribution in [3.8, 4) is 0 Å². The molecular weight excluding hydrogens is 220 g/mol. The summed E-state index contributed by atoms with van der Waals surface area (Å²) in [5.74, 6) is 1.04. The largest absolute Gasteiger partial charge is 0.321 e. The minimum atomic E-state index is 0.878. The molecule has 0 atom stereocenters. The van der Waals surface area contributed by atoms with Gasteiger partial charge in [-0.25, -0.2) is 4.98 Å². The first-order valence-electron chi connectivity index (χ1n) is 6.14. The lowest BCUT2D eigenvalue weighted by molar-refractivity contribution is 0.868. The lowest BCUT2D eigenvalue weighted by atomic mass is 10.2. The summed E-state index contributed by atoms with van der Waals surface area (Å²) < 4.78 is 2.26. The molecule has 2 nitrogen and oxygen atoms in total. The molecule has 0 saturated carbocycles. The van der Waals surface area contributed by atoms with Gasteiger partial charge in [-0.2, -0.15) is 0 Å². The number of rotatable bonds is 0. The summed E-state index contributed by atoms with van der Waals surface area (Å²) in [4.78, 5) is 4.70. The molecule has 0 spiro atoms. The number of hydrogen-bond acceptors (Lipinski definition) is 1. The van der Waals surface area contributed by atoms with Crippen molar-refractivity contribution in [2.24, 2.45) is 0 Å². The van der Waals surface area contributed by atoms with Gasteiger partial charge in [0.05, 0.1) is 11.0 Å². The maximum atomic E-state index is 4.70.